The van der Waals surface area contributed by atoms with Gasteiger partial charge in [-0.2, -0.15) is 5.26 Å². The van der Waals surface area contributed by atoms with Gasteiger partial charge in [-0.05, 0) is 55.9 Å². The zero-order valence-corrected chi connectivity index (χ0v) is 13.5. The molecule has 0 aromatic heterocycles. The summed E-state index contributed by atoms with van der Waals surface area (Å²) in [6.45, 7) is 6.31. The Morgan fingerprint density at radius 1 is 1.29 bits per heavy atom. The van der Waals surface area contributed by atoms with Crippen LogP contribution >= 0.6 is 0 Å². The molecule has 1 aromatic rings. The monoisotopic (exact) mass is 310 g/mol. The average Bonchev–Trinajstić information content (AvgIpc) is 2.38. The molecule has 2 N–H and O–H groups in total. The first-order chi connectivity index (χ1) is 9.73. The molecule has 0 amide bonds. The fourth-order valence-electron chi connectivity index (χ4n) is 2.11. The largest absolute Gasteiger partial charge is 0.493 e. The van der Waals surface area contributed by atoms with Gasteiger partial charge in [0.15, 0.2) is 0 Å². The van der Waals surface area contributed by atoms with Crippen LogP contribution in [0.2, 0.25) is 0 Å². The third-order valence-electron chi connectivity index (χ3n) is 3.34. The van der Waals surface area contributed by atoms with Crippen LogP contribution in [0.3, 0.4) is 0 Å². The number of sulfonamides is 1. The van der Waals surface area contributed by atoms with Gasteiger partial charge in [-0.15, -0.1) is 0 Å². The Morgan fingerprint density at radius 2 is 1.86 bits per heavy atom. The number of primary sulfonamides is 1. The lowest BCUT2D eigenvalue weighted by Gasteiger charge is -2.15. The molecule has 0 saturated heterocycles. The van der Waals surface area contributed by atoms with Crippen LogP contribution in [-0.2, 0) is 10.0 Å². The van der Waals surface area contributed by atoms with E-state index in [1.165, 1.54) is 0 Å². The fourth-order valence-corrected chi connectivity index (χ4v) is 2.85. The number of hydrogen-bond donors (Lipinski definition) is 1. The van der Waals surface area contributed by atoms with Crippen LogP contribution in [0.15, 0.2) is 12.1 Å². The Hall–Kier alpha value is -1.58. The highest BCUT2D eigenvalue weighted by Crippen LogP contribution is 2.25. The number of nitriles is 1. The van der Waals surface area contributed by atoms with Crippen molar-refractivity contribution in [3.05, 3.63) is 28.8 Å². The van der Waals surface area contributed by atoms with E-state index in [-0.39, 0.29) is 11.7 Å². The maximum Gasteiger partial charge on any atom is 0.209 e. The van der Waals surface area contributed by atoms with Gasteiger partial charge in [0.05, 0.1) is 24.0 Å². The van der Waals surface area contributed by atoms with Crippen molar-refractivity contribution in [1.82, 2.24) is 0 Å². The lowest BCUT2D eigenvalue weighted by molar-refractivity contribution is 0.278. The maximum absolute atomic E-state index is 10.9. The Morgan fingerprint density at radius 3 is 2.33 bits per heavy atom. The number of nitrogens with zero attached hydrogens (tertiary/aromatic N) is 1. The van der Waals surface area contributed by atoms with E-state index in [1.807, 2.05) is 20.8 Å². The summed E-state index contributed by atoms with van der Waals surface area (Å²) in [4.78, 5) is 0. The standard InChI is InChI=1S/C15H22N2O3S/c1-11(5-7-21(17,18)19)4-6-20-15-12(2)8-14(10-16)9-13(15)3/h8-9,11H,4-7H2,1-3H3,(H2,17,18,19). The second-order valence-corrected chi connectivity index (χ2v) is 7.18. The molecule has 1 unspecified atom stereocenters. The Bertz CT molecular complexity index is 610. The summed E-state index contributed by atoms with van der Waals surface area (Å²) < 4.78 is 27.6. The van der Waals surface area contributed by atoms with Crippen LogP contribution in [0.4, 0.5) is 0 Å². The van der Waals surface area contributed by atoms with E-state index in [1.54, 1.807) is 12.1 Å². The number of rotatable bonds is 7. The maximum atomic E-state index is 10.9. The highest BCUT2D eigenvalue weighted by Gasteiger charge is 2.10. The average molecular weight is 310 g/mol. The first-order valence-corrected chi connectivity index (χ1v) is 8.59. The molecule has 0 aliphatic carbocycles. The molecule has 0 bridgehead atoms. The van der Waals surface area contributed by atoms with E-state index >= 15 is 0 Å². The molecule has 0 saturated carbocycles. The van der Waals surface area contributed by atoms with Crippen LogP contribution in [0.25, 0.3) is 0 Å². The zero-order chi connectivity index (χ0) is 16.0. The molecule has 0 radical (unpaired) electrons. The fraction of sp³-hybridized carbons (Fsp3) is 0.533. The summed E-state index contributed by atoms with van der Waals surface area (Å²) in [5.74, 6) is 1.03. The van der Waals surface area contributed by atoms with Gasteiger partial charge in [-0.3, -0.25) is 0 Å². The van der Waals surface area contributed by atoms with Crippen molar-refractivity contribution in [2.24, 2.45) is 11.1 Å². The van der Waals surface area contributed by atoms with Gasteiger partial charge in [-0.1, -0.05) is 6.92 Å². The molecule has 6 heteroatoms. The number of ether oxygens (including phenoxy) is 1. The van der Waals surface area contributed by atoms with E-state index in [4.69, 9.17) is 15.1 Å². The smallest absolute Gasteiger partial charge is 0.209 e. The molecule has 116 valence electrons. The SMILES string of the molecule is Cc1cc(C#N)cc(C)c1OCCC(C)CCS(N)(=O)=O. The number of hydrogen-bond acceptors (Lipinski definition) is 4. The van der Waals surface area contributed by atoms with Gasteiger partial charge in [0, 0.05) is 0 Å². The second-order valence-electron chi connectivity index (χ2n) is 5.45. The Labute approximate surface area is 126 Å². The van der Waals surface area contributed by atoms with Gasteiger partial charge in [0.25, 0.3) is 0 Å². The Kier molecular flexibility index (Phi) is 6.19. The van der Waals surface area contributed by atoms with Crippen molar-refractivity contribution in [2.75, 3.05) is 12.4 Å². The summed E-state index contributed by atoms with van der Waals surface area (Å²) in [6, 6.07) is 5.71. The minimum atomic E-state index is -3.39. The van der Waals surface area contributed by atoms with Crippen LogP contribution in [0, 0.1) is 31.1 Å². The highest BCUT2D eigenvalue weighted by molar-refractivity contribution is 7.89. The molecule has 21 heavy (non-hydrogen) atoms. The van der Waals surface area contributed by atoms with Crippen molar-refractivity contribution >= 4 is 10.0 Å². The third-order valence-corrected chi connectivity index (χ3v) is 4.15. The van der Waals surface area contributed by atoms with Crippen LogP contribution in [0.5, 0.6) is 5.75 Å². The van der Waals surface area contributed by atoms with E-state index < -0.39 is 10.0 Å². The number of nitrogens with two attached hydrogens (primary N) is 1. The van der Waals surface area contributed by atoms with Crippen LogP contribution < -0.4 is 9.88 Å². The molecule has 1 rings (SSSR count). The van der Waals surface area contributed by atoms with E-state index in [0.717, 1.165) is 23.3 Å². The van der Waals surface area contributed by atoms with E-state index in [2.05, 4.69) is 6.07 Å². The Balaban J connectivity index is 2.52. The summed E-state index contributed by atoms with van der Waals surface area (Å²) in [5.41, 5.74) is 2.49. The van der Waals surface area contributed by atoms with Crippen molar-refractivity contribution in [3.8, 4) is 11.8 Å². The quantitative estimate of drug-likeness (QED) is 0.836. The van der Waals surface area contributed by atoms with Crippen LogP contribution in [0.1, 0.15) is 36.5 Å². The summed E-state index contributed by atoms with van der Waals surface area (Å²) in [6.07, 6.45) is 1.29. The molecule has 0 fully saturated rings. The minimum Gasteiger partial charge on any atom is -0.493 e. The van der Waals surface area contributed by atoms with Gasteiger partial charge in [0.1, 0.15) is 5.75 Å². The second kappa shape index (κ2) is 7.43. The highest BCUT2D eigenvalue weighted by atomic mass is 32.2. The van der Waals surface area contributed by atoms with Crippen LogP contribution in [-0.4, -0.2) is 20.8 Å². The molecule has 5 nitrogen and oxygen atoms in total. The molecule has 0 aliphatic rings. The number of aryl methyl sites for hydroxylation is 2. The molecule has 1 aromatic carbocycles. The van der Waals surface area contributed by atoms with Gasteiger partial charge in [-0.25, -0.2) is 13.6 Å². The van der Waals surface area contributed by atoms with E-state index in [9.17, 15) is 8.42 Å². The summed E-state index contributed by atoms with van der Waals surface area (Å²) in [5, 5.41) is 13.9. The van der Waals surface area contributed by atoms with E-state index in [0.29, 0.717) is 18.6 Å². The predicted octanol–water partition coefficient (Wildman–Crippen LogP) is 2.26. The molecule has 0 spiro atoms. The molecular weight excluding hydrogens is 288 g/mol. The molecule has 0 heterocycles. The first-order valence-electron chi connectivity index (χ1n) is 6.87. The van der Waals surface area contributed by atoms with Gasteiger partial charge in [0.2, 0.25) is 10.0 Å². The first kappa shape index (κ1) is 17.5. The summed E-state index contributed by atoms with van der Waals surface area (Å²) >= 11 is 0. The van der Waals surface area contributed by atoms with Crippen molar-refractivity contribution in [2.45, 2.75) is 33.6 Å². The molecule has 1 atom stereocenters. The summed E-state index contributed by atoms with van der Waals surface area (Å²) in [7, 11) is -3.39. The lowest BCUT2D eigenvalue weighted by atomic mass is 10.1. The normalized spacial score (nSPS) is 12.7. The molecular formula is C15H22N2O3S. The topological polar surface area (TPSA) is 93.2 Å². The van der Waals surface area contributed by atoms with Crippen molar-refractivity contribution in [3.63, 3.8) is 0 Å². The minimum absolute atomic E-state index is 0.00306. The van der Waals surface area contributed by atoms with Gasteiger partial charge >= 0.3 is 0 Å². The van der Waals surface area contributed by atoms with Crippen molar-refractivity contribution in [1.29, 1.82) is 5.26 Å². The van der Waals surface area contributed by atoms with Gasteiger partial charge < -0.3 is 4.74 Å². The number of benzene rings is 1. The van der Waals surface area contributed by atoms with Crippen molar-refractivity contribution < 1.29 is 13.2 Å². The predicted molar refractivity (Wildman–Crippen MR) is 82.5 cm³/mol. The third kappa shape index (κ3) is 6.15. The molecule has 0 aliphatic heterocycles. The lowest BCUT2D eigenvalue weighted by Crippen LogP contribution is -2.19. The zero-order valence-electron chi connectivity index (χ0n) is 12.7.